The minimum Gasteiger partial charge on any atom is -0.491 e. The van der Waals surface area contributed by atoms with Crippen molar-refractivity contribution in [2.24, 2.45) is 5.73 Å². The number of H-pyrrole nitrogens is 1. The van der Waals surface area contributed by atoms with Crippen LogP contribution < -0.4 is 15.8 Å². The van der Waals surface area contributed by atoms with Gasteiger partial charge in [-0.1, -0.05) is 29.3 Å². The number of ether oxygens (including phenoxy) is 1. The second-order valence-corrected chi connectivity index (χ2v) is 9.42. The number of benzene rings is 3. The van der Waals surface area contributed by atoms with E-state index in [-0.39, 0.29) is 22.2 Å². The average Bonchev–Trinajstić information content (AvgIpc) is 3.36. The Morgan fingerprint density at radius 3 is 2.64 bits per heavy atom. The monoisotopic (exact) mass is 565 g/mol. The van der Waals surface area contributed by atoms with Gasteiger partial charge in [-0.05, 0) is 54.6 Å². The van der Waals surface area contributed by atoms with Gasteiger partial charge < -0.3 is 25.9 Å². The van der Waals surface area contributed by atoms with Gasteiger partial charge in [0.2, 0.25) is 0 Å². The van der Waals surface area contributed by atoms with Crippen LogP contribution in [-0.2, 0) is 6.54 Å². The highest BCUT2D eigenvalue weighted by Crippen LogP contribution is 2.34. The number of imidazole rings is 1. The second kappa shape index (κ2) is 11.3. The summed E-state index contributed by atoms with van der Waals surface area (Å²) >= 11 is 12.1. The lowest BCUT2D eigenvalue weighted by molar-refractivity contribution is 0.0697. The highest BCUT2D eigenvalue weighted by Gasteiger charge is 2.17. The van der Waals surface area contributed by atoms with Gasteiger partial charge in [0.05, 0.1) is 45.3 Å². The Labute approximate surface area is 232 Å². The third-order valence-corrected chi connectivity index (χ3v) is 6.55. The van der Waals surface area contributed by atoms with Gasteiger partial charge >= 0.3 is 5.97 Å². The lowest BCUT2D eigenvalue weighted by Gasteiger charge is -2.08. The topological polar surface area (TPSA) is 126 Å². The van der Waals surface area contributed by atoms with Crippen LogP contribution in [0, 0.1) is 5.82 Å². The SMILES string of the molecule is NCCOc1cnc2ccc(-c3[nH]c(CNc4ccc(Cl)c(C(=O)O)c4)nc3-c3ccc(F)c(Cl)c3)cc2c1. The number of nitrogens with one attached hydrogen (secondary N) is 2. The first-order valence-corrected chi connectivity index (χ1v) is 12.6. The Balaban J connectivity index is 1.53. The van der Waals surface area contributed by atoms with E-state index in [0.717, 1.165) is 16.5 Å². The van der Waals surface area contributed by atoms with E-state index in [4.69, 9.17) is 38.7 Å². The maximum atomic E-state index is 13.9. The van der Waals surface area contributed by atoms with E-state index in [1.807, 2.05) is 24.3 Å². The number of rotatable bonds is 9. The number of hydrogen-bond donors (Lipinski definition) is 4. The Bertz CT molecular complexity index is 1690. The molecule has 0 spiro atoms. The zero-order valence-electron chi connectivity index (χ0n) is 20.3. The van der Waals surface area contributed by atoms with E-state index >= 15 is 0 Å². The molecule has 0 amide bonds. The molecule has 8 nitrogen and oxygen atoms in total. The quantitative estimate of drug-likeness (QED) is 0.163. The first-order valence-electron chi connectivity index (χ1n) is 11.9. The van der Waals surface area contributed by atoms with Gasteiger partial charge in [-0.25, -0.2) is 14.2 Å². The number of carbonyl (C=O) groups is 1. The molecule has 2 heterocycles. The van der Waals surface area contributed by atoms with Crippen LogP contribution in [0.2, 0.25) is 10.0 Å². The Morgan fingerprint density at radius 1 is 1.05 bits per heavy atom. The largest absolute Gasteiger partial charge is 0.491 e. The standard InChI is InChI=1S/C28H22Cl2FN5O3/c29-21-4-3-18(12-20(21)28(37)38)33-14-25-35-26(27(36-25)16-1-5-23(31)22(30)11-16)15-2-6-24-17(9-15)10-19(13-34-24)39-8-7-32/h1-6,9-13,33H,7-8,14,32H2,(H,35,36)(H,37,38). The minimum absolute atomic E-state index is 0.0111. The molecular formula is C28H22Cl2FN5O3. The number of carboxylic acid groups (broad SMARTS) is 1. The zero-order chi connectivity index (χ0) is 27.5. The Kier molecular flexibility index (Phi) is 7.65. The van der Waals surface area contributed by atoms with Crippen LogP contribution >= 0.6 is 23.2 Å². The Hall–Kier alpha value is -4.18. The average molecular weight is 566 g/mol. The number of nitrogens with two attached hydrogens (primary N) is 1. The molecule has 0 fully saturated rings. The molecule has 0 aliphatic carbocycles. The van der Waals surface area contributed by atoms with Gasteiger partial charge in [0.1, 0.15) is 24.0 Å². The van der Waals surface area contributed by atoms with Crippen LogP contribution in [0.15, 0.2) is 66.9 Å². The fourth-order valence-electron chi connectivity index (χ4n) is 4.07. The van der Waals surface area contributed by atoms with Gasteiger partial charge in [-0.3, -0.25) is 4.98 Å². The fraction of sp³-hybridized carbons (Fsp3) is 0.107. The number of pyridine rings is 1. The Morgan fingerprint density at radius 2 is 1.87 bits per heavy atom. The summed E-state index contributed by atoms with van der Waals surface area (Å²) in [7, 11) is 0. The van der Waals surface area contributed by atoms with Crippen molar-refractivity contribution in [1.29, 1.82) is 0 Å². The highest BCUT2D eigenvalue weighted by atomic mass is 35.5. The number of aromatic nitrogens is 3. The summed E-state index contributed by atoms with van der Waals surface area (Å²) in [5.74, 6) is -0.487. The van der Waals surface area contributed by atoms with E-state index < -0.39 is 11.8 Å². The number of fused-ring (bicyclic) bond motifs is 1. The number of carboxylic acids is 1. The van der Waals surface area contributed by atoms with Gasteiger partial charge in [0.15, 0.2) is 0 Å². The molecule has 2 aromatic heterocycles. The van der Waals surface area contributed by atoms with Crippen LogP contribution in [0.3, 0.4) is 0 Å². The summed E-state index contributed by atoms with van der Waals surface area (Å²) in [5, 5.41) is 13.5. The second-order valence-electron chi connectivity index (χ2n) is 8.60. The van der Waals surface area contributed by atoms with Crippen molar-refractivity contribution in [3.8, 4) is 28.3 Å². The summed E-state index contributed by atoms with van der Waals surface area (Å²) < 4.78 is 19.5. The van der Waals surface area contributed by atoms with E-state index in [9.17, 15) is 14.3 Å². The smallest absolute Gasteiger partial charge is 0.337 e. The summed E-state index contributed by atoms with van der Waals surface area (Å²) in [6.45, 7) is 1.01. The molecule has 3 aromatic carbocycles. The number of hydrogen-bond acceptors (Lipinski definition) is 6. The number of nitrogens with zero attached hydrogens (tertiary/aromatic N) is 2. The van der Waals surface area contributed by atoms with Crippen LogP contribution in [0.4, 0.5) is 10.1 Å². The molecule has 0 bridgehead atoms. The number of halogens is 3. The molecule has 0 atom stereocenters. The number of anilines is 1. The zero-order valence-corrected chi connectivity index (χ0v) is 21.9. The molecule has 198 valence electrons. The summed E-state index contributed by atoms with van der Waals surface area (Å²) in [6, 6.07) is 16.7. The third kappa shape index (κ3) is 5.80. The van der Waals surface area contributed by atoms with E-state index in [0.29, 0.717) is 47.4 Å². The van der Waals surface area contributed by atoms with Crippen molar-refractivity contribution < 1.29 is 19.0 Å². The van der Waals surface area contributed by atoms with E-state index in [2.05, 4.69) is 15.3 Å². The number of aromatic amines is 1. The normalized spacial score (nSPS) is 11.1. The van der Waals surface area contributed by atoms with Crippen molar-refractivity contribution in [2.75, 3.05) is 18.5 Å². The summed E-state index contributed by atoms with van der Waals surface area (Å²) in [6.07, 6.45) is 1.65. The minimum atomic E-state index is -1.12. The van der Waals surface area contributed by atoms with Gasteiger partial charge in [0, 0.05) is 28.7 Å². The molecule has 0 aliphatic rings. The van der Waals surface area contributed by atoms with Crippen molar-refractivity contribution in [1.82, 2.24) is 15.0 Å². The van der Waals surface area contributed by atoms with Gasteiger partial charge in [-0.2, -0.15) is 0 Å². The lowest BCUT2D eigenvalue weighted by Crippen LogP contribution is -2.10. The molecule has 5 aromatic rings. The van der Waals surface area contributed by atoms with Crippen molar-refractivity contribution in [3.05, 3.63) is 94.1 Å². The van der Waals surface area contributed by atoms with Crippen molar-refractivity contribution >= 4 is 45.8 Å². The van der Waals surface area contributed by atoms with Crippen molar-refractivity contribution in [2.45, 2.75) is 6.54 Å². The maximum absolute atomic E-state index is 13.9. The van der Waals surface area contributed by atoms with Crippen molar-refractivity contribution in [3.63, 3.8) is 0 Å². The van der Waals surface area contributed by atoms with Gasteiger partial charge in [0.25, 0.3) is 0 Å². The lowest BCUT2D eigenvalue weighted by atomic mass is 10.0. The molecule has 11 heteroatoms. The van der Waals surface area contributed by atoms with Crippen LogP contribution in [-0.4, -0.2) is 39.2 Å². The van der Waals surface area contributed by atoms with Crippen LogP contribution in [0.5, 0.6) is 5.75 Å². The molecule has 0 unspecified atom stereocenters. The first kappa shape index (κ1) is 26.4. The van der Waals surface area contributed by atoms with E-state index in [1.54, 1.807) is 18.3 Å². The predicted molar refractivity (Wildman–Crippen MR) is 150 cm³/mol. The molecule has 0 saturated carbocycles. The molecule has 0 aliphatic heterocycles. The fourth-order valence-corrected chi connectivity index (χ4v) is 4.45. The molecule has 5 N–H and O–H groups in total. The first-order chi connectivity index (χ1) is 18.8. The maximum Gasteiger partial charge on any atom is 0.337 e. The van der Waals surface area contributed by atoms with Crippen LogP contribution in [0.25, 0.3) is 33.4 Å². The van der Waals surface area contributed by atoms with E-state index in [1.165, 1.54) is 24.3 Å². The summed E-state index contributed by atoms with van der Waals surface area (Å²) in [5.41, 5.74) is 9.57. The molecular weight excluding hydrogens is 544 g/mol. The van der Waals surface area contributed by atoms with Crippen LogP contribution in [0.1, 0.15) is 16.2 Å². The molecule has 39 heavy (non-hydrogen) atoms. The highest BCUT2D eigenvalue weighted by molar-refractivity contribution is 6.33. The summed E-state index contributed by atoms with van der Waals surface area (Å²) in [4.78, 5) is 24.0. The third-order valence-electron chi connectivity index (χ3n) is 5.93. The number of aromatic carboxylic acids is 1. The van der Waals surface area contributed by atoms with Gasteiger partial charge in [-0.15, -0.1) is 0 Å². The molecule has 0 saturated heterocycles. The molecule has 0 radical (unpaired) electrons. The predicted octanol–water partition coefficient (Wildman–Crippen LogP) is 6.39. The molecule has 5 rings (SSSR count).